The van der Waals surface area contributed by atoms with Gasteiger partial charge in [-0.1, -0.05) is 56.7 Å². The molecule has 0 atom stereocenters. The molecule has 19 heavy (non-hydrogen) atoms. The molecule has 0 spiro atoms. The van der Waals surface area contributed by atoms with Gasteiger partial charge in [-0.2, -0.15) is 0 Å². The van der Waals surface area contributed by atoms with Gasteiger partial charge in [0.2, 0.25) is 0 Å². The average Bonchev–Trinajstić information content (AvgIpc) is 2.33. The van der Waals surface area contributed by atoms with Gasteiger partial charge in [0.15, 0.2) is 0 Å². The van der Waals surface area contributed by atoms with Crippen molar-refractivity contribution in [2.75, 3.05) is 13.1 Å². The Labute approximate surface area is 118 Å². The fourth-order valence-corrected chi connectivity index (χ4v) is 2.54. The van der Waals surface area contributed by atoms with E-state index >= 15 is 0 Å². The summed E-state index contributed by atoms with van der Waals surface area (Å²) < 4.78 is 0. The van der Waals surface area contributed by atoms with Crippen LogP contribution >= 0.6 is 0 Å². The molecule has 0 amide bonds. The Morgan fingerprint density at radius 1 is 1.26 bits per heavy atom. The van der Waals surface area contributed by atoms with Crippen LogP contribution in [0.2, 0.25) is 0 Å². The van der Waals surface area contributed by atoms with E-state index in [-0.39, 0.29) is 0 Å². The van der Waals surface area contributed by atoms with Crippen LogP contribution in [0.3, 0.4) is 0 Å². The molecule has 1 nitrogen and oxygen atoms in total. The Hall–Kier alpha value is -1.08. The quantitative estimate of drug-likeness (QED) is 0.704. The van der Waals surface area contributed by atoms with Crippen LogP contribution in [0.25, 0.3) is 6.08 Å². The van der Waals surface area contributed by atoms with Gasteiger partial charge in [0.05, 0.1) is 0 Å². The second-order valence-electron chi connectivity index (χ2n) is 6.05. The van der Waals surface area contributed by atoms with Crippen molar-refractivity contribution in [3.63, 3.8) is 0 Å². The molecule has 1 aromatic carbocycles. The maximum atomic E-state index is 3.48. The highest BCUT2D eigenvalue weighted by atomic mass is 14.8. The minimum absolute atomic E-state index is 0.739. The average molecular weight is 257 g/mol. The molecule has 0 aromatic heterocycles. The highest BCUT2D eigenvalue weighted by Gasteiger charge is 2.20. The first-order chi connectivity index (χ1) is 9.27. The van der Waals surface area contributed by atoms with Crippen LogP contribution in [0.5, 0.6) is 0 Å². The summed E-state index contributed by atoms with van der Waals surface area (Å²) >= 11 is 0. The van der Waals surface area contributed by atoms with Gasteiger partial charge in [-0.25, -0.2) is 0 Å². The first-order valence-corrected chi connectivity index (χ1v) is 7.73. The number of hydrogen-bond donors (Lipinski definition) is 1. The molecule has 1 saturated carbocycles. The van der Waals surface area contributed by atoms with E-state index in [9.17, 15) is 0 Å². The van der Waals surface area contributed by atoms with Crippen molar-refractivity contribution in [2.45, 2.75) is 45.4 Å². The van der Waals surface area contributed by atoms with Gasteiger partial charge in [-0.15, -0.1) is 0 Å². The minimum atomic E-state index is 0.739. The van der Waals surface area contributed by atoms with E-state index in [1.54, 1.807) is 5.56 Å². The fourth-order valence-electron chi connectivity index (χ4n) is 2.54. The largest absolute Gasteiger partial charge is 0.316 e. The van der Waals surface area contributed by atoms with Crippen molar-refractivity contribution in [3.05, 3.63) is 41.5 Å². The van der Waals surface area contributed by atoms with Crippen LogP contribution in [0, 0.1) is 5.92 Å². The molecule has 2 rings (SSSR count). The lowest BCUT2D eigenvalue weighted by molar-refractivity contribution is 0.419. The van der Waals surface area contributed by atoms with Crippen LogP contribution < -0.4 is 5.32 Å². The predicted molar refractivity (Wildman–Crippen MR) is 84.4 cm³/mol. The third-order valence-electron chi connectivity index (χ3n) is 3.88. The molecule has 104 valence electrons. The number of benzene rings is 1. The van der Waals surface area contributed by atoms with Crippen LogP contribution in [0.4, 0.5) is 0 Å². The molecule has 0 heterocycles. The summed E-state index contributed by atoms with van der Waals surface area (Å²) in [6.45, 7) is 6.70. The molecule has 1 heteroatoms. The van der Waals surface area contributed by atoms with E-state index in [1.807, 2.05) is 0 Å². The molecule has 0 radical (unpaired) electrons. The Kier molecular flexibility index (Phi) is 5.65. The Morgan fingerprint density at radius 2 is 2.05 bits per heavy atom. The first kappa shape index (κ1) is 14.3. The molecule has 0 saturated heterocycles. The monoisotopic (exact) mass is 257 g/mol. The number of nitrogens with one attached hydrogen (secondary N) is 1. The molecule has 1 aromatic rings. The maximum absolute atomic E-state index is 3.48. The van der Waals surface area contributed by atoms with Crippen molar-refractivity contribution in [3.8, 4) is 0 Å². The van der Waals surface area contributed by atoms with Crippen LogP contribution in [0.1, 0.15) is 56.6 Å². The zero-order chi connectivity index (χ0) is 13.5. The van der Waals surface area contributed by atoms with Gasteiger partial charge in [0, 0.05) is 0 Å². The van der Waals surface area contributed by atoms with Crippen molar-refractivity contribution >= 4 is 6.08 Å². The van der Waals surface area contributed by atoms with E-state index in [1.165, 1.54) is 24.8 Å². The fraction of sp³-hybridized carbons (Fsp3) is 0.556. The molecule has 1 N–H and O–H groups in total. The molecule has 0 bridgehead atoms. The summed E-state index contributed by atoms with van der Waals surface area (Å²) in [5.74, 6) is 1.56. The maximum Gasteiger partial charge on any atom is -0.00140 e. The summed E-state index contributed by atoms with van der Waals surface area (Å²) in [7, 11) is 0. The van der Waals surface area contributed by atoms with Gasteiger partial charge in [0.1, 0.15) is 0 Å². The highest BCUT2D eigenvalue weighted by molar-refractivity contribution is 5.55. The zero-order valence-electron chi connectivity index (χ0n) is 12.4. The number of rotatable bonds is 7. The molecule has 1 aliphatic rings. The molecular formula is C18H27N. The van der Waals surface area contributed by atoms with Crippen molar-refractivity contribution in [2.24, 2.45) is 5.92 Å². The molecular weight excluding hydrogens is 230 g/mol. The lowest BCUT2D eigenvalue weighted by Crippen LogP contribution is -2.20. The number of hydrogen-bond acceptors (Lipinski definition) is 1. The van der Waals surface area contributed by atoms with Gasteiger partial charge in [-0.3, -0.25) is 0 Å². The molecule has 1 aliphatic carbocycles. The van der Waals surface area contributed by atoms with Crippen molar-refractivity contribution in [1.82, 2.24) is 5.32 Å². The summed E-state index contributed by atoms with van der Waals surface area (Å²) in [4.78, 5) is 0. The van der Waals surface area contributed by atoms with Crippen LogP contribution in [-0.4, -0.2) is 13.1 Å². The Bertz CT molecular complexity index is 402. The minimum Gasteiger partial charge on any atom is -0.316 e. The Balaban J connectivity index is 1.81. The standard InChI is InChI=1S/C18H27N/c1-15(2)14-19-13-6-5-9-16-8-3-4-12-18(16)17-10-7-11-17/h3-5,8-9,12,15,17,19H,6-7,10-11,13-14H2,1-2H3/b9-5+. The second kappa shape index (κ2) is 7.49. The lowest BCUT2D eigenvalue weighted by Gasteiger charge is -2.27. The SMILES string of the molecule is CC(C)CNCC/C=C/c1ccccc1C1CCC1. The molecule has 0 unspecified atom stereocenters. The van der Waals surface area contributed by atoms with Gasteiger partial charge < -0.3 is 5.32 Å². The van der Waals surface area contributed by atoms with E-state index < -0.39 is 0 Å². The van der Waals surface area contributed by atoms with E-state index in [4.69, 9.17) is 0 Å². The van der Waals surface area contributed by atoms with Crippen molar-refractivity contribution in [1.29, 1.82) is 0 Å². The summed E-state index contributed by atoms with van der Waals surface area (Å²) in [5, 5.41) is 3.48. The smallest absolute Gasteiger partial charge is 0.00140 e. The van der Waals surface area contributed by atoms with E-state index in [2.05, 4.69) is 55.6 Å². The van der Waals surface area contributed by atoms with Gasteiger partial charge in [0.25, 0.3) is 0 Å². The van der Waals surface area contributed by atoms with E-state index in [0.717, 1.165) is 31.3 Å². The zero-order valence-corrected chi connectivity index (χ0v) is 12.4. The first-order valence-electron chi connectivity index (χ1n) is 7.73. The highest BCUT2D eigenvalue weighted by Crippen LogP contribution is 2.38. The third kappa shape index (κ3) is 4.50. The normalized spacial score (nSPS) is 16.2. The summed E-state index contributed by atoms with van der Waals surface area (Å²) in [6, 6.07) is 8.89. The summed E-state index contributed by atoms with van der Waals surface area (Å²) in [6.07, 6.45) is 9.89. The van der Waals surface area contributed by atoms with Crippen molar-refractivity contribution < 1.29 is 0 Å². The topological polar surface area (TPSA) is 12.0 Å². The predicted octanol–water partition coefficient (Wildman–Crippen LogP) is 4.60. The summed E-state index contributed by atoms with van der Waals surface area (Å²) in [5.41, 5.74) is 2.98. The lowest BCUT2D eigenvalue weighted by atomic mass is 9.78. The third-order valence-corrected chi connectivity index (χ3v) is 3.88. The van der Waals surface area contributed by atoms with Gasteiger partial charge in [-0.05, 0) is 55.3 Å². The van der Waals surface area contributed by atoms with Crippen LogP contribution in [-0.2, 0) is 0 Å². The molecule has 1 fully saturated rings. The Morgan fingerprint density at radius 3 is 2.74 bits per heavy atom. The van der Waals surface area contributed by atoms with Crippen LogP contribution in [0.15, 0.2) is 30.3 Å². The van der Waals surface area contributed by atoms with Gasteiger partial charge >= 0.3 is 0 Å². The second-order valence-corrected chi connectivity index (χ2v) is 6.05. The molecule has 0 aliphatic heterocycles. The van der Waals surface area contributed by atoms with E-state index in [0.29, 0.717) is 0 Å².